The summed E-state index contributed by atoms with van der Waals surface area (Å²) in [5.41, 5.74) is 3.17. The maximum atomic E-state index is 11.4. The summed E-state index contributed by atoms with van der Waals surface area (Å²) in [7, 11) is 0. The fourth-order valence-electron chi connectivity index (χ4n) is 1.34. The largest absolute Gasteiger partial charge is 0.352 e. The third-order valence-electron chi connectivity index (χ3n) is 1.98. The summed E-state index contributed by atoms with van der Waals surface area (Å²) in [6.07, 6.45) is 0. The first-order chi connectivity index (χ1) is 5.68. The molecule has 0 aliphatic carbocycles. The summed E-state index contributed by atoms with van der Waals surface area (Å²) < 4.78 is 0. The van der Waals surface area contributed by atoms with E-state index in [0.717, 1.165) is 16.8 Å². The summed E-state index contributed by atoms with van der Waals surface area (Å²) >= 11 is 0. The Bertz CT molecular complexity index is 379. The van der Waals surface area contributed by atoms with Gasteiger partial charge in [0.2, 0.25) is 5.78 Å². The van der Waals surface area contributed by atoms with Crippen molar-refractivity contribution in [3.05, 3.63) is 41.6 Å². The molecule has 2 heteroatoms. The molecule has 0 unspecified atom stereocenters. The molecule has 0 amide bonds. The van der Waals surface area contributed by atoms with Crippen molar-refractivity contribution >= 4 is 11.5 Å². The molecule has 0 saturated carbocycles. The van der Waals surface area contributed by atoms with Crippen molar-refractivity contribution in [2.75, 3.05) is 5.32 Å². The second-order valence-electron chi connectivity index (χ2n) is 2.98. The number of carbonyl (C=O) groups is 1. The van der Waals surface area contributed by atoms with Gasteiger partial charge < -0.3 is 5.32 Å². The number of allylic oxidation sites excluding steroid dienone is 1. The van der Waals surface area contributed by atoms with Gasteiger partial charge in [0.1, 0.15) is 0 Å². The Labute approximate surface area is 70.9 Å². The topological polar surface area (TPSA) is 29.1 Å². The standard InChI is InChI=1S/C10H9NO/c1-6-3-4-9-8(5-6)10(12)7(2)11-9/h3-5,11H,2H2,1H3. The van der Waals surface area contributed by atoms with Gasteiger partial charge in [-0.1, -0.05) is 18.2 Å². The maximum absolute atomic E-state index is 11.4. The van der Waals surface area contributed by atoms with Crippen LogP contribution in [-0.4, -0.2) is 5.78 Å². The molecule has 2 nitrogen and oxygen atoms in total. The average Bonchev–Trinajstić information content (AvgIpc) is 2.31. The van der Waals surface area contributed by atoms with Crippen LogP contribution in [0.1, 0.15) is 15.9 Å². The van der Waals surface area contributed by atoms with Crippen molar-refractivity contribution in [1.29, 1.82) is 0 Å². The molecule has 1 aromatic rings. The minimum atomic E-state index is 0.00806. The van der Waals surface area contributed by atoms with Crippen LogP contribution >= 0.6 is 0 Å². The summed E-state index contributed by atoms with van der Waals surface area (Å²) in [6.45, 7) is 5.59. The Morgan fingerprint density at radius 1 is 1.42 bits per heavy atom. The number of carbonyl (C=O) groups excluding carboxylic acids is 1. The van der Waals surface area contributed by atoms with Gasteiger partial charge in [0, 0.05) is 11.3 Å². The predicted molar refractivity (Wildman–Crippen MR) is 48.3 cm³/mol. The molecule has 0 radical (unpaired) electrons. The highest BCUT2D eigenvalue weighted by atomic mass is 16.1. The Morgan fingerprint density at radius 3 is 2.92 bits per heavy atom. The van der Waals surface area contributed by atoms with E-state index in [4.69, 9.17) is 0 Å². The quantitative estimate of drug-likeness (QED) is 0.587. The van der Waals surface area contributed by atoms with Crippen LogP contribution in [0.3, 0.4) is 0 Å². The molecule has 60 valence electrons. The number of benzene rings is 1. The lowest BCUT2D eigenvalue weighted by molar-refractivity contribution is 0.104. The van der Waals surface area contributed by atoms with Crippen molar-refractivity contribution in [2.45, 2.75) is 6.92 Å². The van der Waals surface area contributed by atoms with E-state index >= 15 is 0 Å². The summed E-state index contributed by atoms with van der Waals surface area (Å²) in [6, 6.07) is 5.75. The minimum absolute atomic E-state index is 0.00806. The van der Waals surface area contributed by atoms with Crippen molar-refractivity contribution in [2.24, 2.45) is 0 Å². The van der Waals surface area contributed by atoms with E-state index in [0.29, 0.717) is 5.70 Å². The third-order valence-corrected chi connectivity index (χ3v) is 1.98. The van der Waals surface area contributed by atoms with E-state index in [2.05, 4.69) is 11.9 Å². The van der Waals surface area contributed by atoms with Crippen LogP contribution in [0.5, 0.6) is 0 Å². The third kappa shape index (κ3) is 0.848. The van der Waals surface area contributed by atoms with Gasteiger partial charge in [-0.25, -0.2) is 0 Å². The molecular weight excluding hydrogens is 150 g/mol. The van der Waals surface area contributed by atoms with Crippen LogP contribution in [0, 0.1) is 6.92 Å². The van der Waals surface area contributed by atoms with Crippen LogP contribution in [-0.2, 0) is 0 Å². The first kappa shape index (κ1) is 7.10. The molecule has 12 heavy (non-hydrogen) atoms. The number of Topliss-reactive ketones (excluding diaryl/α,β-unsaturated/α-hetero) is 1. The summed E-state index contributed by atoms with van der Waals surface area (Å²) in [5.74, 6) is 0.00806. The zero-order valence-corrected chi connectivity index (χ0v) is 6.85. The summed E-state index contributed by atoms with van der Waals surface area (Å²) in [4.78, 5) is 11.4. The van der Waals surface area contributed by atoms with E-state index in [1.807, 2.05) is 25.1 Å². The number of hydrogen-bond donors (Lipinski definition) is 1. The second-order valence-corrected chi connectivity index (χ2v) is 2.98. The molecule has 2 rings (SSSR count). The molecule has 0 atom stereocenters. The van der Waals surface area contributed by atoms with Crippen molar-refractivity contribution in [1.82, 2.24) is 0 Å². The molecule has 1 aliphatic rings. The SMILES string of the molecule is C=C1Nc2ccc(C)cc2C1=O. The number of aryl methyl sites for hydroxylation is 1. The van der Waals surface area contributed by atoms with Gasteiger partial charge in [0.05, 0.1) is 5.70 Å². The van der Waals surface area contributed by atoms with Crippen LogP contribution in [0.4, 0.5) is 5.69 Å². The fourth-order valence-corrected chi connectivity index (χ4v) is 1.34. The predicted octanol–water partition coefficient (Wildman–Crippen LogP) is 2.12. The lowest BCUT2D eigenvalue weighted by Crippen LogP contribution is -1.96. The van der Waals surface area contributed by atoms with Crippen molar-refractivity contribution in [3.63, 3.8) is 0 Å². The van der Waals surface area contributed by atoms with E-state index in [1.165, 1.54) is 0 Å². The Hall–Kier alpha value is -1.57. The second kappa shape index (κ2) is 2.21. The van der Waals surface area contributed by atoms with Gasteiger partial charge >= 0.3 is 0 Å². The molecule has 1 aromatic carbocycles. The first-order valence-electron chi connectivity index (χ1n) is 3.80. The van der Waals surface area contributed by atoms with Gasteiger partial charge in [-0.3, -0.25) is 4.79 Å². The number of nitrogens with one attached hydrogen (secondary N) is 1. The fraction of sp³-hybridized carbons (Fsp3) is 0.100. The molecule has 1 heterocycles. The highest BCUT2D eigenvalue weighted by Gasteiger charge is 2.22. The van der Waals surface area contributed by atoms with Gasteiger partial charge in [0.25, 0.3) is 0 Å². The molecule has 0 saturated heterocycles. The summed E-state index contributed by atoms with van der Waals surface area (Å²) in [5, 5.41) is 2.93. The molecule has 0 spiro atoms. The van der Waals surface area contributed by atoms with Gasteiger partial charge in [-0.2, -0.15) is 0 Å². The van der Waals surface area contributed by atoms with E-state index in [1.54, 1.807) is 0 Å². The van der Waals surface area contributed by atoms with E-state index < -0.39 is 0 Å². The number of ketones is 1. The maximum Gasteiger partial charge on any atom is 0.210 e. The molecule has 0 fully saturated rings. The van der Waals surface area contributed by atoms with E-state index in [9.17, 15) is 4.79 Å². The zero-order valence-electron chi connectivity index (χ0n) is 6.85. The van der Waals surface area contributed by atoms with Gasteiger partial charge in [0.15, 0.2) is 0 Å². The Kier molecular flexibility index (Phi) is 1.30. The van der Waals surface area contributed by atoms with Gasteiger partial charge in [-0.15, -0.1) is 0 Å². The Balaban J connectivity index is 2.63. The highest BCUT2D eigenvalue weighted by molar-refractivity contribution is 6.18. The normalized spacial score (nSPS) is 14.4. The average molecular weight is 159 g/mol. The smallest absolute Gasteiger partial charge is 0.210 e. The lowest BCUT2D eigenvalue weighted by atomic mass is 10.1. The highest BCUT2D eigenvalue weighted by Crippen LogP contribution is 2.27. The minimum Gasteiger partial charge on any atom is -0.352 e. The molecule has 0 aromatic heterocycles. The number of rotatable bonds is 0. The molecule has 0 bridgehead atoms. The number of hydrogen-bond acceptors (Lipinski definition) is 2. The van der Waals surface area contributed by atoms with Crippen molar-refractivity contribution < 1.29 is 4.79 Å². The van der Waals surface area contributed by atoms with Crippen LogP contribution in [0.25, 0.3) is 0 Å². The van der Waals surface area contributed by atoms with Crippen LogP contribution < -0.4 is 5.32 Å². The lowest BCUT2D eigenvalue weighted by Gasteiger charge is -1.97. The van der Waals surface area contributed by atoms with Crippen molar-refractivity contribution in [3.8, 4) is 0 Å². The van der Waals surface area contributed by atoms with Crippen LogP contribution in [0.2, 0.25) is 0 Å². The monoisotopic (exact) mass is 159 g/mol. The molecule has 1 N–H and O–H groups in total. The first-order valence-corrected chi connectivity index (χ1v) is 3.80. The molecular formula is C10H9NO. The number of fused-ring (bicyclic) bond motifs is 1. The van der Waals surface area contributed by atoms with Crippen LogP contribution in [0.15, 0.2) is 30.5 Å². The zero-order chi connectivity index (χ0) is 8.72. The molecule has 1 aliphatic heterocycles. The van der Waals surface area contributed by atoms with Gasteiger partial charge in [-0.05, 0) is 19.1 Å². The number of anilines is 1. The Morgan fingerprint density at radius 2 is 2.17 bits per heavy atom. The van der Waals surface area contributed by atoms with E-state index in [-0.39, 0.29) is 5.78 Å².